The lowest BCUT2D eigenvalue weighted by atomic mass is 10.2. The number of para-hydroxylation sites is 1. The SMILES string of the molecule is Cc1ccccc1OCC(=O)NCC(O)CO. The number of hydrogen-bond acceptors (Lipinski definition) is 4. The summed E-state index contributed by atoms with van der Waals surface area (Å²) in [7, 11) is 0. The van der Waals surface area contributed by atoms with Gasteiger partial charge in [0.25, 0.3) is 5.91 Å². The average molecular weight is 239 g/mol. The van der Waals surface area contributed by atoms with Crippen molar-refractivity contribution in [3.8, 4) is 5.75 Å². The molecule has 17 heavy (non-hydrogen) atoms. The van der Waals surface area contributed by atoms with E-state index in [0.29, 0.717) is 5.75 Å². The van der Waals surface area contributed by atoms with Crippen LogP contribution in [0.5, 0.6) is 5.75 Å². The molecule has 0 aliphatic rings. The Morgan fingerprint density at radius 3 is 2.82 bits per heavy atom. The lowest BCUT2D eigenvalue weighted by Crippen LogP contribution is -2.36. The fourth-order valence-electron chi connectivity index (χ4n) is 1.21. The maximum absolute atomic E-state index is 11.3. The Morgan fingerprint density at radius 1 is 1.47 bits per heavy atom. The molecular weight excluding hydrogens is 222 g/mol. The number of nitrogens with one attached hydrogen (secondary N) is 1. The minimum absolute atomic E-state index is 0.0203. The minimum atomic E-state index is -0.933. The predicted octanol–water partition coefficient (Wildman–Crippen LogP) is -0.157. The summed E-state index contributed by atoms with van der Waals surface area (Å²) in [6.45, 7) is 1.43. The monoisotopic (exact) mass is 239 g/mol. The molecule has 0 aliphatic heterocycles. The molecule has 1 rings (SSSR count). The van der Waals surface area contributed by atoms with Gasteiger partial charge >= 0.3 is 0 Å². The number of ether oxygens (including phenoxy) is 1. The third-order valence-electron chi connectivity index (χ3n) is 2.20. The molecule has 1 unspecified atom stereocenters. The third-order valence-corrected chi connectivity index (χ3v) is 2.20. The van der Waals surface area contributed by atoms with Gasteiger partial charge in [0.15, 0.2) is 6.61 Å². The smallest absolute Gasteiger partial charge is 0.258 e. The quantitative estimate of drug-likeness (QED) is 0.644. The number of aliphatic hydroxyl groups excluding tert-OH is 2. The summed E-state index contributed by atoms with van der Waals surface area (Å²) in [6, 6.07) is 7.39. The molecule has 0 radical (unpaired) electrons. The molecule has 5 heteroatoms. The first-order valence-electron chi connectivity index (χ1n) is 5.37. The minimum Gasteiger partial charge on any atom is -0.484 e. The molecule has 0 bridgehead atoms. The Kier molecular flexibility index (Phi) is 5.45. The van der Waals surface area contributed by atoms with Gasteiger partial charge < -0.3 is 20.3 Å². The molecule has 0 spiro atoms. The van der Waals surface area contributed by atoms with Crippen LogP contribution in [0.4, 0.5) is 0 Å². The Hall–Kier alpha value is -1.59. The van der Waals surface area contributed by atoms with Crippen molar-refractivity contribution < 1.29 is 19.7 Å². The number of aliphatic hydroxyl groups is 2. The molecule has 0 saturated heterocycles. The van der Waals surface area contributed by atoms with Crippen LogP contribution in [0.25, 0.3) is 0 Å². The van der Waals surface area contributed by atoms with E-state index in [4.69, 9.17) is 14.9 Å². The third kappa shape index (κ3) is 4.84. The van der Waals surface area contributed by atoms with E-state index in [1.807, 2.05) is 25.1 Å². The molecule has 0 heterocycles. The largest absolute Gasteiger partial charge is 0.484 e. The van der Waals surface area contributed by atoms with Crippen LogP contribution in [0, 0.1) is 6.92 Å². The van der Waals surface area contributed by atoms with E-state index >= 15 is 0 Å². The zero-order chi connectivity index (χ0) is 12.7. The molecule has 1 aromatic rings. The van der Waals surface area contributed by atoms with Crippen molar-refractivity contribution >= 4 is 5.91 Å². The zero-order valence-electron chi connectivity index (χ0n) is 9.72. The zero-order valence-corrected chi connectivity index (χ0v) is 9.72. The lowest BCUT2D eigenvalue weighted by Gasteiger charge is -2.11. The highest BCUT2D eigenvalue weighted by Crippen LogP contribution is 2.15. The molecule has 0 fully saturated rings. The normalized spacial score (nSPS) is 11.9. The van der Waals surface area contributed by atoms with Crippen LogP contribution in [-0.4, -0.2) is 42.0 Å². The van der Waals surface area contributed by atoms with E-state index in [9.17, 15) is 4.79 Å². The van der Waals surface area contributed by atoms with Crippen LogP contribution in [0.3, 0.4) is 0 Å². The van der Waals surface area contributed by atoms with E-state index in [1.54, 1.807) is 6.07 Å². The van der Waals surface area contributed by atoms with Crippen LogP contribution in [0.15, 0.2) is 24.3 Å². The van der Waals surface area contributed by atoms with Crippen LogP contribution in [-0.2, 0) is 4.79 Å². The van der Waals surface area contributed by atoms with Gasteiger partial charge in [-0.15, -0.1) is 0 Å². The van der Waals surface area contributed by atoms with Gasteiger partial charge in [-0.1, -0.05) is 18.2 Å². The summed E-state index contributed by atoms with van der Waals surface area (Å²) in [5.74, 6) is 0.325. The number of carbonyl (C=O) groups excluding carboxylic acids is 1. The molecule has 1 amide bonds. The molecule has 1 aromatic carbocycles. The molecule has 0 aliphatic carbocycles. The fourth-order valence-corrected chi connectivity index (χ4v) is 1.21. The van der Waals surface area contributed by atoms with Crippen molar-refractivity contribution in [3.63, 3.8) is 0 Å². The summed E-state index contributed by atoms with van der Waals surface area (Å²) in [5, 5.41) is 20.0. The van der Waals surface area contributed by atoms with Gasteiger partial charge in [0.05, 0.1) is 12.7 Å². The molecule has 94 valence electrons. The van der Waals surface area contributed by atoms with Gasteiger partial charge in [-0.25, -0.2) is 0 Å². The maximum Gasteiger partial charge on any atom is 0.258 e. The molecule has 5 nitrogen and oxygen atoms in total. The molecular formula is C12H17NO4. The van der Waals surface area contributed by atoms with Gasteiger partial charge in [0.1, 0.15) is 5.75 Å². The Bertz CT molecular complexity index is 367. The van der Waals surface area contributed by atoms with E-state index in [2.05, 4.69) is 5.32 Å². The molecule has 0 saturated carbocycles. The Labute approximate surface area is 100 Å². The van der Waals surface area contributed by atoms with Crippen molar-refractivity contribution in [3.05, 3.63) is 29.8 Å². The van der Waals surface area contributed by atoms with Crippen LogP contribution in [0.2, 0.25) is 0 Å². The predicted molar refractivity (Wildman–Crippen MR) is 62.8 cm³/mol. The summed E-state index contributed by atoms with van der Waals surface area (Å²) in [4.78, 5) is 11.3. The van der Waals surface area contributed by atoms with Gasteiger partial charge in [-0.05, 0) is 18.6 Å². The van der Waals surface area contributed by atoms with E-state index < -0.39 is 6.10 Å². The van der Waals surface area contributed by atoms with Gasteiger partial charge in [0.2, 0.25) is 0 Å². The Balaban J connectivity index is 2.31. The van der Waals surface area contributed by atoms with Crippen molar-refractivity contribution in [1.29, 1.82) is 0 Å². The van der Waals surface area contributed by atoms with Gasteiger partial charge in [-0.3, -0.25) is 4.79 Å². The van der Waals surface area contributed by atoms with E-state index in [-0.39, 0.29) is 25.7 Å². The van der Waals surface area contributed by atoms with Crippen molar-refractivity contribution in [2.45, 2.75) is 13.0 Å². The van der Waals surface area contributed by atoms with E-state index in [0.717, 1.165) is 5.56 Å². The first-order valence-corrected chi connectivity index (χ1v) is 5.37. The molecule has 1 atom stereocenters. The second-order valence-electron chi connectivity index (χ2n) is 3.69. The highest BCUT2D eigenvalue weighted by molar-refractivity contribution is 5.77. The summed E-state index contributed by atoms with van der Waals surface area (Å²) < 4.78 is 5.31. The van der Waals surface area contributed by atoms with Crippen LogP contribution >= 0.6 is 0 Å². The number of benzene rings is 1. The standard InChI is InChI=1S/C12H17NO4/c1-9-4-2-3-5-11(9)17-8-12(16)13-6-10(15)7-14/h2-5,10,14-15H,6-8H2,1H3,(H,13,16). The first-order chi connectivity index (χ1) is 8.13. The van der Waals surface area contributed by atoms with Crippen LogP contribution < -0.4 is 10.1 Å². The highest BCUT2D eigenvalue weighted by Gasteiger charge is 2.07. The number of hydrogen-bond donors (Lipinski definition) is 3. The van der Waals surface area contributed by atoms with Crippen molar-refractivity contribution in [2.24, 2.45) is 0 Å². The highest BCUT2D eigenvalue weighted by atomic mass is 16.5. The van der Waals surface area contributed by atoms with Gasteiger partial charge in [-0.2, -0.15) is 0 Å². The fraction of sp³-hybridized carbons (Fsp3) is 0.417. The molecule has 0 aromatic heterocycles. The number of amides is 1. The van der Waals surface area contributed by atoms with Crippen LogP contribution in [0.1, 0.15) is 5.56 Å². The van der Waals surface area contributed by atoms with Crippen molar-refractivity contribution in [1.82, 2.24) is 5.32 Å². The number of rotatable bonds is 6. The summed E-state index contributed by atoms with van der Waals surface area (Å²) >= 11 is 0. The second kappa shape index (κ2) is 6.88. The Morgan fingerprint density at radius 2 is 2.18 bits per heavy atom. The maximum atomic E-state index is 11.3. The molecule has 3 N–H and O–H groups in total. The first kappa shape index (κ1) is 13.5. The van der Waals surface area contributed by atoms with Gasteiger partial charge in [0, 0.05) is 6.54 Å². The lowest BCUT2D eigenvalue weighted by molar-refractivity contribution is -0.123. The average Bonchev–Trinajstić information content (AvgIpc) is 2.35. The summed E-state index contributed by atoms with van der Waals surface area (Å²) in [5.41, 5.74) is 0.954. The topological polar surface area (TPSA) is 78.8 Å². The van der Waals surface area contributed by atoms with Crippen molar-refractivity contribution in [2.75, 3.05) is 19.8 Å². The van der Waals surface area contributed by atoms with E-state index in [1.165, 1.54) is 0 Å². The number of carbonyl (C=O) groups is 1. The number of aryl methyl sites for hydroxylation is 1. The second-order valence-corrected chi connectivity index (χ2v) is 3.69. The summed E-state index contributed by atoms with van der Waals surface area (Å²) in [6.07, 6.45) is -0.933.